The van der Waals surface area contributed by atoms with E-state index in [1.165, 1.54) is 24.3 Å². The lowest BCUT2D eigenvalue weighted by atomic mass is 10.1. The highest BCUT2D eigenvalue weighted by Crippen LogP contribution is 2.30. The molecule has 0 saturated heterocycles. The predicted octanol–water partition coefficient (Wildman–Crippen LogP) is 5.41. The van der Waals surface area contributed by atoms with Crippen molar-refractivity contribution in [3.05, 3.63) is 71.5 Å². The number of benzene rings is 2. The third-order valence-electron chi connectivity index (χ3n) is 6.04. The second-order valence-electron chi connectivity index (χ2n) is 9.09. The summed E-state index contributed by atoms with van der Waals surface area (Å²) >= 11 is 0. The molecule has 0 aliphatic heterocycles. The lowest BCUT2D eigenvalue weighted by Gasteiger charge is -2.12. The smallest absolute Gasteiger partial charge is 0.478 e. The van der Waals surface area contributed by atoms with E-state index in [1.54, 1.807) is 30.6 Å². The van der Waals surface area contributed by atoms with Gasteiger partial charge in [0.2, 0.25) is 5.88 Å². The van der Waals surface area contributed by atoms with Gasteiger partial charge in [-0.05, 0) is 60.8 Å². The van der Waals surface area contributed by atoms with Gasteiger partial charge in [0.25, 0.3) is 0 Å². The number of carboxylic acids is 1. The number of carboxylic acid groups (broad SMARTS) is 1. The van der Waals surface area contributed by atoms with E-state index >= 15 is 0 Å². The van der Waals surface area contributed by atoms with E-state index in [0.717, 1.165) is 29.0 Å². The fraction of sp³-hybridized carbons (Fsp3) is 0.310. The maximum absolute atomic E-state index is 12.6. The molecule has 41 heavy (non-hydrogen) atoms. The van der Waals surface area contributed by atoms with Crippen molar-refractivity contribution in [1.29, 1.82) is 5.26 Å². The van der Waals surface area contributed by atoms with E-state index in [2.05, 4.69) is 20.0 Å². The number of unbranched alkanes of at least 4 members (excludes halogenated alkanes) is 1. The number of hydrogen-bond acceptors (Lipinski definition) is 8. The molecule has 0 saturated carbocycles. The number of ether oxygens (including phenoxy) is 3. The highest BCUT2D eigenvalue weighted by atomic mass is 19.4. The molecule has 9 nitrogen and oxygen atoms in total. The molecule has 2 aromatic carbocycles. The van der Waals surface area contributed by atoms with Gasteiger partial charge < -0.3 is 24.6 Å². The molecule has 0 spiro atoms. The highest BCUT2D eigenvalue weighted by Gasteiger charge is 2.31. The second-order valence-corrected chi connectivity index (χ2v) is 9.09. The minimum Gasteiger partial charge on any atom is -0.478 e. The van der Waals surface area contributed by atoms with Gasteiger partial charge in [-0.2, -0.15) is 5.26 Å². The quantitative estimate of drug-likeness (QED) is 0.152. The number of fused-ring (bicyclic) bond motifs is 3. The second kappa shape index (κ2) is 13.7. The van der Waals surface area contributed by atoms with E-state index in [9.17, 15) is 23.1 Å². The normalized spacial score (nSPS) is 11.5. The molecule has 0 aliphatic rings. The Morgan fingerprint density at radius 1 is 1.00 bits per heavy atom. The standard InChI is InChI=1S/C29H27F3N4O5/c30-29(31,32)41-22-14-19(5-7-33)13-20(15-22)17-34-8-1-2-10-39-11-12-40-27-24-6-9-35-18-25(24)23-4-3-21(28(37)38)16-26(23)36-27/h3-4,6,9,13-16,18,34H,1-2,5,8,10-12,17H2,(H,37,38). The first kappa shape index (κ1) is 29.5. The van der Waals surface area contributed by atoms with Crippen LogP contribution in [0.3, 0.4) is 0 Å². The minimum atomic E-state index is -4.80. The lowest BCUT2D eigenvalue weighted by molar-refractivity contribution is -0.274. The van der Waals surface area contributed by atoms with Crippen LogP contribution in [0.2, 0.25) is 0 Å². The van der Waals surface area contributed by atoms with Gasteiger partial charge in [-0.3, -0.25) is 4.98 Å². The summed E-state index contributed by atoms with van der Waals surface area (Å²) in [5, 5.41) is 23.7. The maximum atomic E-state index is 12.6. The van der Waals surface area contributed by atoms with Crippen LogP contribution >= 0.6 is 0 Å². The number of nitrogens with one attached hydrogen (secondary N) is 1. The summed E-state index contributed by atoms with van der Waals surface area (Å²) in [6, 6.07) is 12.7. The topological polar surface area (TPSA) is 127 Å². The number of rotatable bonds is 14. The Morgan fingerprint density at radius 2 is 1.83 bits per heavy atom. The molecule has 2 N–H and O–H groups in total. The van der Waals surface area contributed by atoms with Crippen molar-refractivity contribution < 1.29 is 37.3 Å². The fourth-order valence-electron chi connectivity index (χ4n) is 4.26. The summed E-state index contributed by atoms with van der Waals surface area (Å²) in [6.07, 6.45) is 0.0428. The lowest BCUT2D eigenvalue weighted by Crippen LogP contribution is -2.18. The maximum Gasteiger partial charge on any atom is 0.573 e. The number of hydrogen-bond donors (Lipinski definition) is 2. The van der Waals surface area contributed by atoms with Crippen LogP contribution in [0.4, 0.5) is 13.2 Å². The van der Waals surface area contributed by atoms with Gasteiger partial charge in [-0.25, -0.2) is 9.78 Å². The monoisotopic (exact) mass is 568 g/mol. The Morgan fingerprint density at radius 3 is 2.61 bits per heavy atom. The summed E-state index contributed by atoms with van der Waals surface area (Å²) in [5.41, 5.74) is 1.67. The van der Waals surface area contributed by atoms with Crippen LogP contribution in [0.1, 0.15) is 34.3 Å². The van der Waals surface area contributed by atoms with Crippen molar-refractivity contribution in [2.75, 3.05) is 26.4 Å². The summed E-state index contributed by atoms with van der Waals surface area (Å²) < 4.78 is 53.3. The number of alkyl halides is 3. The van der Waals surface area contributed by atoms with Gasteiger partial charge in [0, 0.05) is 41.7 Å². The molecule has 4 rings (SSSR count). The number of carbonyl (C=O) groups is 1. The molecule has 4 aromatic rings. The van der Waals surface area contributed by atoms with Crippen LogP contribution in [0.15, 0.2) is 54.9 Å². The largest absolute Gasteiger partial charge is 0.573 e. The number of pyridine rings is 2. The first-order valence-electron chi connectivity index (χ1n) is 12.8. The SMILES string of the molecule is N#CCc1cc(CNCCCCOCCOc2nc3cc(C(=O)O)ccc3c3cnccc23)cc(OC(F)(F)F)c1. The van der Waals surface area contributed by atoms with Crippen LogP contribution < -0.4 is 14.8 Å². The molecule has 2 aromatic heterocycles. The van der Waals surface area contributed by atoms with Gasteiger partial charge in [0.15, 0.2) is 0 Å². The third kappa shape index (κ3) is 8.51. The van der Waals surface area contributed by atoms with Crippen molar-refractivity contribution >= 4 is 27.6 Å². The molecule has 0 amide bonds. The van der Waals surface area contributed by atoms with Crippen molar-refractivity contribution in [3.63, 3.8) is 0 Å². The Labute approximate surface area is 233 Å². The molecule has 2 heterocycles. The fourth-order valence-corrected chi connectivity index (χ4v) is 4.26. The van der Waals surface area contributed by atoms with E-state index in [0.29, 0.717) is 48.8 Å². The summed E-state index contributed by atoms with van der Waals surface area (Å²) in [4.78, 5) is 20.1. The molecular weight excluding hydrogens is 541 g/mol. The van der Waals surface area contributed by atoms with Gasteiger partial charge in [-0.15, -0.1) is 13.2 Å². The average molecular weight is 569 g/mol. The number of halogens is 3. The molecule has 214 valence electrons. The molecule has 0 fully saturated rings. The Hall–Kier alpha value is -4.47. The molecule has 0 aliphatic carbocycles. The average Bonchev–Trinajstić information content (AvgIpc) is 2.92. The first-order chi connectivity index (χ1) is 19.7. The van der Waals surface area contributed by atoms with Crippen molar-refractivity contribution in [3.8, 4) is 17.7 Å². The van der Waals surface area contributed by atoms with Crippen molar-refractivity contribution in [2.45, 2.75) is 32.2 Å². The number of nitrogens with zero attached hydrogens (tertiary/aromatic N) is 3. The van der Waals surface area contributed by atoms with E-state index < -0.39 is 12.3 Å². The summed E-state index contributed by atoms with van der Waals surface area (Å²) in [5.74, 6) is -1.01. The van der Waals surface area contributed by atoms with Crippen LogP contribution in [0, 0.1) is 11.3 Å². The minimum absolute atomic E-state index is 0.0148. The van der Waals surface area contributed by atoms with Gasteiger partial charge in [0.1, 0.15) is 12.4 Å². The molecule has 0 bridgehead atoms. The zero-order valence-corrected chi connectivity index (χ0v) is 21.9. The van der Waals surface area contributed by atoms with Crippen LogP contribution in [0.25, 0.3) is 21.7 Å². The van der Waals surface area contributed by atoms with Crippen LogP contribution in [-0.4, -0.2) is 53.8 Å². The van der Waals surface area contributed by atoms with Crippen LogP contribution in [-0.2, 0) is 17.7 Å². The van der Waals surface area contributed by atoms with E-state index in [-0.39, 0.29) is 24.3 Å². The molecular formula is C29H27F3N4O5. The predicted molar refractivity (Wildman–Crippen MR) is 144 cm³/mol. The molecule has 0 atom stereocenters. The van der Waals surface area contributed by atoms with Crippen LogP contribution in [0.5, 0.6) is 11.6 Å². The van der Waals surface area contributed by atoms with Gasteiger partial charge in [-0.1, -0.05) is 12.1 Å². The number of nitriles is 1. The van der Waals surface area contributed by atoms with Crippen molar-refractivity contribution in [1.82, 2.24) is 15.3 Å². The van der Waals surface area contributed by atoms with Gasteiger partial charge in [0.05, 0.1) is 30.2 Å². The van der Waals surface area contributed by atoms with Gasteiger partial charge >= 0.3 is 12.3 Å². The highest BCUT2D eigenvalue weighted by molar-refractivity contribution is 6.08. The number of aromatic carboxylic acids is 1. The van der Waals surface area contributed by atoms with E-state index in [4.69, 9.17) is 14.7 Å². The Bertz CT molecular complexity index is 1560. The zero-order valence-electron chi connectivity index (χ0n) is 21.9. The Kier molecular flexibility index (Phi) is 9.89. The Balaban J connectivity index is 1.19. The zero-order chi connectivity index (χ0) is 29.2. The number of aromatic nitrogens is 2. The molecule has 0 radical (unpaired) electrons. The summed E-state index contributed by atoms with van der Waals surface area (Å²) in [6.45, 7) is 2.01. The third-order valence-corrected chi connectivity index (χ3v) is 6.04. The molecule has 12 heteroatoms. The first-order valence-corrected chi connectivity index (χ1v) is 12.8. The summed E-state index contributed by atoms with van der Waals surface area (Å²) in [7, 11) is 0. The van der Waals surface area contributed by atoms with E-state index in [1.807, 2.05) is 6.07 Å². The molecule has 0 unspecified atom stereocenters. The van der Waals surface area contributed by atoms with Crippen molar-refractivity contribution in [2.24, 2.45) is 0 Å².